The smallest absolute Gasteiger partial charge is 0.270 e. The summed E-state index contributed by atoms with van der Waals surface area (Å²) in [5.41, 5.74) is 2.91. The SMILES string of the molecule is Cc1ccccc1CNC(=O)c1ccnc(Nc2c(Cl)cccc2Cl)n1. The number of nitrogens with one attached hydrogen (secondary N) is 2. The molecule has 0 aliphatic rings. The van der Waals surface area contributed by atoms with Crippen molar-refractivity contribution in [1.29, 1.82) is 0 Å². The van der Waals surface area contributed by atoms with Crippen LogP contribution in [0.5, 0.6) is 0 Å². The first-order valence-electron chi connectivity index (χ1n) is 7.91. The zero-order valence-electron chi connectivity index (χ0n) is 14.0. The van der Waals surface area contributed by atoms with Crippen LogP contribution in [-0.2, 0) is 6.54 Å². The van der Waals surface area contributed by atoms with Crippen LogP contribution in [0.4, 0.5) is 11.6 Å². The maximum atomic E-state index is 12.4. The minimum absolute atomic E-state index is 0.239. The molecule has 26 heavy (non-hydrogen) atoms. The first-order valence-corrected chi connectivity index (χ1v) is 8.67. The molecule has 1 aromatic heterocycles. The van der Waals surface area contributed by atoms with Gasteiger partial charge in [-0.15, -0.1) is 0 Å². The minimum atomic E-state index is -0.288. The van der Waals surface area contributed by atoms with Crippen LogP contribution in [0.2, 0.25) is 10.0 Å². The van der Waals surface area contributed by atoms with Gasteiger partial charge in [0.05, 0.1) is 15.7 Å². The van der Waals surface area contributed by atoms with Crippen molar-refractivity contribution in [1.82, 2.24) is 15.3 Å². The Labute approximate surface area is 161 Å². The molecule has 3 aromatic rings. The van der Waals surface area contributed by atoms with E-state index in [1.807, 2.05) is 31.2 Å². The van der Waals surface area contributed by atoms with Gasteiger partial charge < -0.3 is 10.6 Å². The highest BCUT2D eigenvalue weighted by atomic mass is 35.5. The zero-order chi connectivity index (χ0) is 18.5. The van der Waals surface area contributed by atoms with Crippen LogP contribution in [0.15, 0.2) is 54.7 Å². The number of benzene rings is 2. The Bertz CT molecular complexity index is 926. The summed E-state index contributed by atoms with van der Waals surface area (Å²) >= 11 is 12.3. The Kier molecular flexibility index (Phi) is 5.71. The van der Waals surface area contributed by atoms with Crippen molar-refractivity contribution in [2.75, 3.05) is 5.32 Å². The lowest BCUT2D eigenvalue weighted by molar-refractivity contribution is 0.0946. The molecule has 132 valence electrons. The van der Waals surface area contributed by atoms with Gasteiger partial charge in [-0.05, 0) is 36.2 Å². The van der Waals surface area contributed by atoms with E-state index in [1.165, 1.54) is 6.20 Å². The monoisotopic (exact) mass is 386 g/mol. The van der Waals surface area contributed by atoms with Gasteiger partial charge in [0.2, 0.25) is 5.95 Å². The van der Waals surface area contributed by atoms with E-state index in [-0.39, 0.29) is 17.5 Å². The van der Waals surface area contributed by atoms with Gasteiger partial charge in [-0.2, -0.15) is 0 Å². The number of para-hydroxylation sites is 1. The maximum Gasteiger partial charge on any atom is 0.270 e. The second-order valence-corrected chi connectivity index (χ2v) is 6.41. The zero-order valence-corrected chi connectivity index (χ0v) is 15.5. The number of nitrogens with zero attached hydrogens (tertiary/aromatic N) is 2. The van der Waals surface area contributed by atoms with E-state index in [0.717, 1.165) is 11.1 Å². The minimum Gasteiger partial charge on any atom is -0.347 e. The van der Waals surface area contributed by atoms with Gasteiger partial charge in [0, 0.05) is 12.7 Å². The van der Waals surface area contributed by atoms with Crippen molar-refractivity contribution in [2.45, 2.75) is 13.5 Å². The highest BCUT2D eigenvalue weighted by Crippen LogP contribution is 2.31. The van der Waals surface area contributed by atoms with Crippen LogP contribution >= 0.6 is 23.2 Å². The molecule has 1 heterocycles. The lowest BCUT2D eigenvalue weighted by Gasteiger charge is -2.10. The largest absolute Gasteiger partial charge is 0.347 e. The molecule has 7 heteroatoms. The molecule has 5 nitrogen and oxygen atoms in total. The topological polar surface area (TPSA) is 66.9 Å². The fraction of sp³-hybridized carbons (Fsp3) is 0.105. The fourth-order valence-electron chi connectivity index (χ4n) is 2.35. The van der Waals surface area contributed by atoms with E-state index in [9.17, 15) is 4.79 Å². The number of anilines is 2. The number of amides is 1. The molecule has 0 aliphatic carbocycles. The Morgan fingerprint density at radius 1 is 1.04 bits per heavy atom. The summed E-state index contributed by atoms with van der Waals surface area (Å²) < 4.78 is 0. The summed E-state index contributed by atoms with van der Waals surface area (Å²) in [4.78, 5) is 20.7. The molecule has 0 saturated carbocycles. The molecule has 0 saturated heterocycles. The third-order valence-corrected chi connectivity index (χ3v) is 4.42. The second-order valence-electron chi connectivity index (χ2n) is 5.60. The molecule has 2 aromatic carbocycles. The first kappa shape index (κ1) is 18.2. The molecule has 0 fully saturated rings. The lowest BCUT2D eigenvalue weighted by atomic mass is 10.1. The number of aryl methyl sites for hydroxylation is 1. The summed E-state index contributed by atoms with van der Waals surface area (Å²) in [5.74, 6) is -0.0486. The average molecular weight is 387 g/mol. The van der Waals surface area contributed by atoms with Crippen molar-refractivity contribution in [2.24, 2.45) is 0 Å². The van der Waals surface area contributed by atoms with Gasteiger partial charge in [-0.25, -0.2) is 9.97 Å². The van der Waals surface area contributed by atoms with Crippen molar-refractivity contribution in [3.63, 3.8) is 0 Å². The van der Waals surface area contributed by atoms with Crippen molar-refractivity contribution < 1.29 is 4.79 Å². The van der Waals surface area contributed by atoms with Gasteiger partial charge in [0.15, 0.2) is 0 Å². The predicted octanol–water partition coefficient (Wildman–Crippen LogP) is 4.77. The normalized spacial score (nSPS) is 10.4. The Morgan fingerprint density at radius 2 is 1.77 bits per heavy atom. The highest BCUT2D eigenvalue weighted by molar-refractivity contribution is 6.39. The lowest BCUT2D eigenvalue weighted by Crippen LogP contribution is -2.24. The summed E-state index contributed by atoms with van der Waals surface area (Å²) in [6, 6.07) is 14.6. The van der Waals surface area contributed by atoms with Gasteiger partial charge >= 0.3 is 0 Å². The van der Waals surface area contributed by atoms with Gasteiger partial charge in [-0.1, -0.05) is 53.5 Å². The number of halogens is 2. The molecule has 0 aliphatic heterocycles. The van der Waals surface area contributed by atoms with E-state index in [1.54, 1.807) is 24.3 Å². The summed E-state index contributed by atoms with van der Waals surface area (Å²) in [7, 11) is 0. The van der Waals surface area contributed by atoms with Crippen LogP contribution in [0.25, 0.3) is 0 Å². The standard InChI is InChI=1S/C19H16Cl2N4O/c1-12-5-2-3-6-13(12)11-23-18(26)16-9-10-22-19(24-16)25-17-14(20)7-4-8-15(17)21/h2-10H,11H2,1H3,(H,23,26)(H,22,24,25). The Morgan fingerprint density at radius 3 is 2.50 bits per heavy atom. The number of aromatic nitrogens is 2. The molecular formula is C19H16Cl2N4O. The van der Waals surface area contributed by atoms with E-state index >= 15 is 0 Å². The Hall–Kier alpha value is -2.63. The molecule has 0 bridgehead atoms. The number of carbonyl (C=O) groups excluding carboxylic acids is 1. The van der Waals surface area contributed by atoms with Crippen molar-refractivity contribution in [3.05, 3.63) is 81.6 Å². The molecule has 0 spiro atoms. The van der Waals surface area contributed by atoms with E-state index in [4.69, 9.17) is 23.2 Å². The molecule has 2 N–H and O–H groups in total. The average Bonchev–Trinajstić information content (AvgIpc) is 2.64. The molecule has 0 atom stereocenters. The number of hydrogen-bond acceptors (Lipinski definition) is 4. The molecule has 1 amide bonds. The molecule has 0 radical (unpaired) electrons. The van der Waals surface area contributed by atoms with E-state index in [2.05, 4.69) is 20.6 Å². The summed E-state index contributed by atoms with van der Waals surface area (Å²) in [6.07, 6.45) is 1.50. The predicted molar refractivity (Wildman–Crippen MR) is 104 cm³/mol. The molecule has 3 rings (SSSR count). The molecule has 0 unspecified atom stereocenters. The summed E-state index contributed by atoms with van der Waals surface area (Å²) in [6.45, 7) is 2.43. The summed E-state index contributed by atoms with van der Waals surface area (Å²) in [5, 5.41) is 6.69. The third kappa shape index (κ3) is 4.31. The van der Waals surface area contributed by atoms with Crippen molar-refractivity contribution >= 4 is 40.7 Å². The van der Waals surface area contributed by atoms with Crippen LogP contribution in [-0.4, -0.2) is 15.9 Å². The quantitative estimate of drug-likeness (QED) is 0.662. The van der Waals surface area contributed by atoms with E-state index < -0.39 is 0 Å². The maximum absolute atomic E-state index is 12.4. The Balaban J connectivity index is 1.72. The van der Waals surface area contributed by atoms with Gasteiger partial charge in [0.25, 0.3) is 5.91 Å². The number of hydrogen-bond donors (Lipinski definition) is 2. The first-order chi connectivity index (χ1) is 12.5. The van der Waals surface area contributed by atoms with Crippen LogP contribution in [0.1, 0.15) is 21.6 Å². The van der Waals surface area contributed by atoms with E-state index in [0.29, 0.717) is 22.3 Å². The highest BCUT2D eigenvalue weighted by Gasteiger charge is 2.11. The van der Waals surface area contributed by atoms with Gasteiger partial charge in [0.1, 0.15) is 5.69 Å². The van der Waals surface area contributed by atoms with Crippen LogP contribution in [0, 0.1) is 6.92 Å². The number of rotatable bonds is 5. The van der Waals surface area contributed by atoms with Crippen LogP contribution in [0.3, 0.4) is 0 Å². The van der Waals surface area contributed by atoms with Crippen LogP contribution < -0.4 is 10.6 Å². The molecular weight excluding hydrogens is 371 g/mol. The van der Waals surface area contributed by atoms with Gasteiger partial charge in [-0.3, -0.25) is 4.79 Å². The van der Waals surface area contributed by atoms with Crippen molar-refractivity contribution in [3.8, 4) is 0 Å². The fourth-order valence-corrected chi connectivity index (χ4v) is 2.84. The third-order valence-electron chi connectivity index (χ3n) is 3.79. The number of carbonyl (C=O) groups is 1. The second kappa shape index (κ2) is 8.17.